The molecule has 1 aromatic heterocycles. The second kappa shape index (κ2) is 5.07. The van der Waals surface area contributed by atoms with Crippen LogP contribution in [0.5, 0.6) is 0 Å². The average molecular weight is 220 g/mol. The predicted molar refractivity (Wildman–Crippen MR) is 59.8 cm³/mol. The SMILES string of the molecule is Cc1cc(C(=O)NOC2CCCC2)ccn1. The highest BCUT2D eigenvalue weighted by Crippen LogP contribution is 2.19. The van der Waals surface area contributed by atoms with Crippen molar-refractivity contribution in [2.45, 2.75) is 38.7 Å². The fourth-order valence-corrected chi connectivity index (χ4v) is 1.89. The number of rotatable bonds is 3. The van der Waals surface area contributed by atoms with Crippen LogP contribution in [-0.4, -0.2) is 17.0 Å². The van der Waals surface area contributed by atoms with Crippen molar-refractivity contribution in [2.75, 3.05) is 0 Å². The maximum atomic E-state index is 11.7. The Morgan fingerprint density at radius 2 is 2.25 bits per heavy atom. The zero-order valence-electron chi connectivity index (χ0n) is 9.40. The highest BCUT2D eigenvalue weighted by Gasteiger charge is 2.17. The molecule has 1 fully saturated rings. The summed E-state index contributed by atoms with van der Waals surface area (Å²) in [6.45, 7) is 1.86. The lowest BCUT2D eigenvalue weighted by molar-refractivity contribution is -0.0125. The van der Waals surface area contributed by atoms with Crippen molar-refractivity contribution in [3.05, 3.63) is 29.6 Å². The van der Waals surface area contributed by atoms with Gasteiger partial charge >= 0.3 is 0 Å². The number of hydroxylamine groups is 1. The smallest absolute Gasteiger partial charge is 0.270 e. The molecule has 0 spiro atoms. The molecule has 4 nitrogen and oxygen atoms in total. The van der Waals surface area contributed by atoms with Gasteiger partial charge in [-0.3, -0.25) is 14.6 Å². The number of aryl methyl sites for hydroxylation is 1. The Morgan fingerprint density at radius 3 is 2.94 bits per heavy atom. The van der Waals surface area contributed by atoms with Crippen LogP contribution in [0.1, 0.15) is 41.7 Å². The van der Waals surface area contributed by atoms with E-state index in [9.17, 15) is 4.79 Å². The van der Waals surface area contributed by atoms with E-state index in [1.807, 2.05) is 6.92 Å². The third-order valence-corrected chi connectivity index (χ3v) is 2.78. The lowest BCUT2D eigenvalue weighted by Crippen LogP contribution is -2.28. The highest BCUT2D eigenvalue weighted by molar-refractivity contribution is 5.93. The molecule has 0 radical (unpaired) electrons. The van der Waals surface area contributed by atoms with Gasteiger partial charge in [-0.2, -0.15) is 0 Å². The van der Waals surface area contributed by atoms with Crippen molar-refractivity contribution in [1.29, 1.82) is 0 Å². The van der Waals surface area contributed by atoms with E-state index in [1.165, 1.54) is 12.8 Å². The minimum atomic E-state index is -0.197. The lowest BCUT2D eigenvalue weighted by atomic mass is 10.2. The van der Waals surface area contributed by atoms with Crippen LogP contribution in [0.2, 0.25) is 0 Å². The highest BCUT2D eigenvalue weighted by atomic mass is 16.7. The van der Waals surface area contributed by atoms with Crippen molar-refractivity contribution in [3.8, 4) is 0 Å². The molecule has 86 valence electrons. The van der Waals surface area contributed by atoms with Crippen LogP contribution in [0.15, 0.2) is 18.3 Å². The first-order valence-electron chi connectivity index (χ1n) is 5.64. The summed E-state index contributed by atoms with van der Waals surface area (Å²) in [5, 5.41) is 0. The van der Waals surface area contributed by atoms with Crippen molar-refractivity contribution >= 4 is 5.91 Å². The monoisotopic (exact) mass is 220 g/mol. The molecule has 1 aliphatic rings. The summed E-state index contributed by atoms with van der Waals surface area (Å²) in [4.78, 5) is 21.1. The van der Waals surface area contributed by atoms with E-state index >= 15 is 0 Å². The van der Waals surface area contributed by atoms with Gasteiger partial charge in [0, 0.05) is 17.5 Å². The molecule has 1 aliphatic carbocycles. The van der Waals surface area contributed by atoms with Crippen LogP contribution in [0.25, 0.3) is 0 Å². The van der Waals surface area contributed by atoms with E-state index in [0.29, 0.717) is 5.56 Å². The Labute approximate surface area is 95.0 Å². The lowest BCUT2D eigenvalue weighted by Gasteiger charge is -2.11. The Kier molecular flexibility index (Phi) is 3.51. The molecule has 0 bridgehead atoms. The molecular weight excluding hydrogens is 204 g/mol. The molecule has 1 aromatic rings. The van der Waals surface area contributed by atoms with Gasteiger partial charge in [-0.05, 0) is 31.9 Å². The van der Waals surface area contributed by atoms with Crippen LogP contribution in [0, 0.1) is 6.92 Å². The molecule has 1 heterocycles. The van der Waals surface area contributed by atoms with E-state index in [1.54, 1.807) is 18.3 Å². The number of carbonyl (C=O) groups excluding carboxylic acids is 1. The molecule has 0 aliphatic heterocycles. The summed E-state index contributed by atoms with van der Waals surface area (Å²) < 4.78 is 0. The maximum Gasteiger partial charge on any atom is 0.274 e. The van der Waals surface area contributed by atoms with Crippen molar-refractivity contribution in [1.82, 2.24) is 10.5 Å². The summed E-state index contributed by atoms with van der Waals surface area (Å²) in [7, 11) is 0. The Hall–Kier alpha value is -1.42. The van der Waals surface area contributed by atoms with E-state index in [2.05, 4.69) is 10.5 Å². The van der Waals surface area contributed by atoms with Crippen molar-refractivity contribution in [2.24, 2.45) is 0 Å². The van der Waals surface area contributed by atoms with Gasteiger partial charge in [-0.15, -0.1) is 0 Å². The quantitative estimate of drug-likeness (QED) is 0.792. The second-order valence-corrected chi connectivity index (χ2v) is 4.14. The minimum Gasteiger partial charge on any atom is -0.270 e. The average Bonchev–Trinajstić information content (AvgIpc) is 2.78. The number of aromatic nitrogens is 1. The fourth-order valence-electron chi connectivity index (χ4n) is 1.89. The summed E-state index contributed by atoms with van der Waals surface area (Å²) in [5.41, 5.74) is 3.92. The Bertz CT molecular complexity index is 373. The fraction of sp³-hybridized carbons (Fsp3) is 0.500. The van der Waals surface area contributed by atoms with Crippen molar-refractivity contribution < 1.29 is 9.63 Å². The first kappa shape index (κ1) is 11.1. The number of pyridine rings is 1. The van der Waals surface area contributed by atoms with Gasteiger partial charge in [0.2, 0.25) is 0 Å². The van der Waals surface area contributed by atoms with Crippen LogP contribution >= 0.6 is 0 Å². The summed E-state index contributed by atoms with van der Waals surface area (Å²) in [5.74, 6) is -0.197. The standard InChI is InChI=1S/C12H16N2O2/c1-9-8-10(6-7-13-9)12(15)14-16-11-4-2-3-5-11/h6-8,11H,2-5H2,1H3,(H,14,15). The first-order valence-corrected chi connectivity index (χ1v) is 5.64. The molecule has 1 N–H and O–H groups in total. The minimum absolute atomic E-state index is 0.187. The van der Waals surface area contributed by atoms with Gasteiger partial charge in [0.1, 0.15) is 0 Å². The first-order chi connectivity index (χ1) is 7.75. The number of amides is 1. The van der Waals surface area contributed by atoms with Gasteiger partial charge in [-0.1, -0.05) is 12.8 Å². The Morgan fingerprint density at radius 1 is 1.50 bits per heavy atom. The normalized spacial score (nSPS) is 16.3. The molecule has 4 heteroatoms. The second-order valence-electron chi connectivity index (χ2n) is 4.14. The zero-order chi connectivity index (χ0) is 11.4. The van der Waals surface area contributed by atoms with Crippen LogP contribution in [0.3, 0.4) is 0 Å². The summed E-state index contributed by atoms with van der Waals surface area (Å²) in [6, 6.07) is 3.42. The third kappa shape index (κ3) is 2.79. The molecule has 0 unspecified atom stereocenters. The van der Waals surface area contributed by atoms with Gasteiger partial charge in [-0.25, -0.2) is 5.48 Å². The molecule has 0 atom stereocenters. The molecule has 2 rings (SSSR count). The number of carbonyl (C=O) groups is 1. The van der Waals surface area contributed by atoms with E-state index in [-0.39, 0.29) is 12.0 Å². The predicted octanol–water partition coefficient (Wildman–Crippen LogP) is 1.99. The zero-order valence-corrected chi connectivity index (χ0v) is 9.40. The van der Waals surface area contributed by atoms with E-state index < -0.39 is 0 Å². The van der Waals surface area contributed by atoms with E-state index in [4.69, 9.17) is 4.84 Å². The largest absolute Gasteiger partial charge is 0.274 e. The van der Waals surface area contributed by atoms with Gasteiger partial charge < -0.3 is 0 Å². The topological polar surface area (TPSA) is 51.2 Å². The summed E-state index contributed by atoms with van der Waals surface area (Å²) >= 11 is 0. The van der Waals surface area contributed by atoms with Gasteiger partial charge in [0.25, 0.3) is 5.91 Å². The number of nitrogens with zero attached hydrogens (tertiary/aromatic N) is 1. The van der Waals surface area contributed by atoms with Crippen LogP contribution in [-0.2, 0) is 4.84 Å². The Balaban J connectivity index is 1.87. The molecule has 1 saturated carbocycles. The van der Waals surface area contributed by atoms with E-state index in [0.717, 1.165) is 18.5 Å². The molecule has 0 saturated heterocycles. The van der Waals surface area contributed by atoms with Crippen LogP contribution in [0.4, 0.5) is 0 Å². The molecule has 1 amide bonds. The van der Waals surface area contributed by atoms with Gasteiger partial charge in [0.05, 0.1) is 6.10 Å². The maximum absolute atomic E-state index is 11.7. The van der Waals surface area contributed by atoms with Gasteiger partial charge in [0.15, 0.2) is 0 Å². The molecular formula is C12H16N2O2. The third-order valence-electron chi connectivity index (χ3n) is 2.78. The number of hydrogen-bond acceptors (Lipinski definition) is 3. The summed E-state index contributed by atoms with van der Waals surface area (Å²) in [6.07, 6.45) is 6.27. The number of hydrogen-bond donors (Lipinski definition) is 1. The van der Waals surface area contributed by atoms with Crippen LogP contribution < -0.4 is 5.48 Å². The number of nitrogens with one attached hydrogen (secondary N) is 1. The molecule has 16 heavy (non-hydrogen) atoms. The molecule has 0 aromatic carbocycles. The van der Waals surface area contributed by atoms with Crippen molar-refractivity contribution in [3.63, 3.8) is 0 Å².